The molecule has 1 aromatic heterocycles. The van der Waals surface area contributed by atoms with Crippen molar-refractivity contribution in [2.45, 2.75) is 27.0 Å². The number of carbonyl (C=O) groups is 1. The normalized spacial score (nSPS) is 10.8. The van der Waals surface area contributed by atoms with Crippen LogP contribution in [0.1, 0.15) is 27.3 Å². The van der Waals surface area contributed by atoms with Gasteiger partial charge in [0, 0.05) is 11.3 Å². The van der Waals surface area contributed by atoms with Crippen LogP contribution in [-0.2, 0) is 6.54 Å². The fourth-order valence-electron chi connectivity index (χ4n) is 2.96. The molecule has 3 rings (SSSR count). The lowest BCUT2D eigenvalue weighted by atomic mass is 10.1. The van der Waals surface area contributed by atoms with Gasteiger partial charge in [0.1, 0.15) is 17.1 Å². The third-order valence-corrected chi connectivity index (χ3v) is 4.41. The minimum absolute atomic E-state index is 0.00302. The highest BCUT2D eigenvalue weighted by Crippen LogP contribution is 2.23. The Kier molecular flexibility index (Phi) is 6.05. The summed E-state index contributed by atoms with van der Waals surface area (Å²) < 4.78 is 30.2. The average Bonchev–Trinajstić information content (AvgIpc) is 2.96. The lowest BCUT2D eigenvalue weighted by Crippen LogP contribution is -2.12. The van der Waals surface area contributed by atoms with Gasteiger partial charge in [-0.15, -0.1) is 0 Å². The summed E-state index contributed by atoms with van der Waals surface area (Å²) in [5, 5.41) is 18.0. The summed E-state index contributed by atoms with van der Waals surface area (Å²) in [6, 6.07) is 12.3. The number of halogens is 2. The number of carbonyl (C=O) groups excluding carboxylic acids is 1. The van der Waals surface area contributed by atoms with Crippen molar-refractivity contribution >= 4 is 17.3 Å². The van der Waals surface area contributed by atoms with Gasteiger partial charge in [0.05, 0.1) is 11.5 Å². The summed E-state index contributed by atoms with van der Waals surface area (Å²) in [5.41, 5.74) is 2.44. The predicted octanol–water partition coefficient (Wildman–Crippen LogP) is 4.31. The molecule has 0 radical (unpaired) electrons. The number of nitrogens with one attached hydrogen (secondary N) is 1. The molecule has 30 heavy (non-hydrogen) atoms. The van der Waals surface area contributed by atoms with Gasteiger partial charge < -0.3 is 10.1 Å². The van der Waals surface area contributed by atoms with Gasteiger partial charge in [0.2, 0.25) is 0 Å². The molecule has 1 amide bonds. The van der Waals surface area contributed by atoms with Gasteiger partial charge in [-0.05, 0) is 55.8 Å². The van der Waals surface area contributed by atoms with Crippen molar-refractivity contribution < 1.29 is 23.2 Å². The van der Waals surface area contributed by atoms with Gasteiger partial charge in [0.25, 0.3) is 5.91 Å². The molecule has 0 spiro atoms. The molecule has 0 bridgehead atoms. The van der Waals surface area contributed by atoms with E-state index in [4.69, 9.17) is 0 Å². The van der Waals surface area contributed by atoms with Crippen LogP contribution in [0.3, 0.4) is 0 Å². The molecule has 3 aromatic rings. The molecule has 1 N–H and O–H groups in total. The summed E-state index contributed by atoms with van der Waals surface area (Å²) in [5.74, 6) is -0.373. The monoisotopic (exact) mass is 416 g/mol. The number of aromatic nitrogens is 2. The van der Waals surface area contributed by atoms with Gasteiger partial charge in [-0.1, -0.05) is 12.1 Å². The Morgan fingerprint density at radius 1 is 1.17 bits per heavy atom. The van der Waals surface area contributed by atoms with E-state index in [0.717, 1.165) is 5.56 Å². The highest BCUT2D eigenvalue weighted by atomic mass is 19.3. The molecule has 8 nitrogen and oxygen atoms in total. The lowest BCUT2D eigenvalue weighted by Gasteiger charge is -2.08. The molecule has 0 aliphatic carbocycles. The number of ether oxygens (including phenoxy) is 1. The molecular weight excluding hydrogens is 398 g/mol. The van der Waals surface area contributed by atoms with E-state index in [2.05, 4.69) is 15.2 Å². The van der Waals surface area contributed by atoms with E-state index in [1.54, 1.807) is 42.8 Å². The molecule has 0 atom stereocenters. The van der Waals surface area contributed by atoms with Gasteiger partial charge >= 0.3 is 12.3 Å². The van der Waals surface area contributed by atoms with E-state index in [9.17, 15) is 23.7 Å². The summed E-state index contributed by atoms with van der Waals surface area (Å²) in [4.78, 5) is 23.0. The molecule has 0 aliphatic rings. The Labute approximate surface area is 170 Å². The number of alkyl halides is 2. The number of nitrogens with zero attached hydrogens (tertiary/aromatic N) is 3. The van der Waals surface area contributed by atoms with Crippen LogP contribution in [0.2, 0.25) is 0 Å². The number of anilines is 1. The number of aryl methyl sites for hydroxylation is 1. The summed E-state index contributed by atoms with van der Waals surface area (Å²) in [7, 11) is 0. The first-order valence-electron chi connectivity index (χ1n) is 8.88. The highest BCUT2D eigenvalue weighted by Gasteiger charge is 2.21. The van der Waals surface area contributed by atoms with Crippen molar-refractivity contribution in [1.82, 2.24) is 9.78 Å². The quantitative estimate of drug-likeness (QED) is 0.457. The number of hydrogen-bond donors (Lipinski definition) is 1. The molecule has 0 saturated heterocycles. The summed E-state index contributed by atoms with van der Waals surface area (Å²) in [6.45, 7) is 0.636. The average molecular weight is 416 g/mol. The largest absolute Gasteiger partial charge is 0.435 e. The second-order valence-electron chi connectivity index (χ2n) is 6.49. The number of amides is 1. The van der Waals surface area contributed by atoms with Crippen molar-refractivity contribution in [3.63, 3.8) is 0 Å². The number of rotatable bonds is 7. The van der Waals surface area contributed by atoms with E-state index in [0.29, 0.717) is 29.2 Å². The van der Waals surface area contributed by atoms with Crippen molar-refractivity contribution in [2.24, 2.45) is 0 Å². The van der Waals surface area contributed by atoms with Crippen molar-refractivity contribution in [3.8, 4) is 5.75 Å². The van der Waals surface area contributed by atoms with Crippen LogP contribution >= 0.6 is 0 Å². The van der Waals surface area contributed by atoms with E-state index in [1.165, 1.54) is 24.3 Å². The van der Waals surface area contributed by atoms with Gasteiger partial charge in [-0.2, -0.15) is 13.9 Å². The molecule has 0 unspecified atom stereocenters. The second-order valence-corrected chi connectivity index (χ2v) is 6.49. The predicted molar refractivity (Wildman–Crippen MR) is 105 cm³/mol. The van der Waals surface area contributed by atoms with E-state index in [1.807, 2.05) is 0 Å². The first-order chi connectivity index (χ1) is 14.2. The Balaban J connectivity index is 1.66. The summed E-state index contributed by atoms with van der Waals surface area (Å²) in [6.07, 6.45) is 0. The molecule has 1 heterocycles. The molecule has 0 saturated carbocycles. The minimum atomic E-state index is -2.91. The zero-order valence-corrected chi connectivity index (χ0v) is 16.1. The molecule has 0 fully saturated rings. The van der Waals surface area contributed by atoms with Gasteiger partial charge in [-0.3, -0.25) is 19.6 Å². The van der Waals surface area contributed by atoms with Crippen LogP contribution in [0.5, 0.6) is 5.75 Å². The first kappa shape index (κ1) is 20.9. The summed E-state index contributed by atoms with van der Waals surface area (Å²) >= 11 is 0. The maximum Gasteiger partial charge on any atom is 0.387 e. The molecule has 156 valence electrons. The molecule has 0 aliphatic heterocycles. The fraction of sp³-hybridized carbons (Fsp3) is 0.200. The fourth-order valence-corrected chi connectivity index (χ4v) is 2.96. The zero-order valence-electron chi connectivity index (χ0n) is 16.1. The Bertz CT molecular complexity index is 1060. The Hall–Kier alpha value is -3.82. The topological polar surface area (TPSA) is 99.3 Å². The maximum atomic E-state index is 12.4. The number of nitro groups is 1. The highest BCUT2D eigenvalue weighted by molar-refractivity contribution is 6.04. The van der Waals surface area contributed by atoms with Gasteiger partial charge in [-0.25, -0.2) is 0 Å². The first-order valence-corrected chi connectivity index (χ1v) is 8.88. The van der Waals surface area contributed by atoms with Crippen LogP contribution in [0.4, 0.5) is 20.2 Å². The van der Waals surface area contributed by atoms with Crippen molar-refractivity contribution in [1.29, 1.82) is 0 Å². The maximum absolute atomic E-state index is 12.4. The third kappa shape index (κ3) is 4.77. The van der Waals surface area contributed by atoms with Crippen molar-refractivity contribution in [2.75, 3.05) is 5.32 Å². The Morgan fingerprint density at radius 2 is 1.80 bits per heavy atom. The third-order valence-electron chi connectivity index (χ3n) is 4.41. The standard InChI is InChI=1S/C20H18F2N4O4/c1-12-18(26(28)29)13(2)25(24-12)11-14-3-5-15(6-4-14)19(27)23-16-7-9-17(10-8-16)30-20(21)22/h3-10,20H,11H2,1-2H3,(H,23,27). The van der Waals surface area contributed by atoms with E-state index < -0.39 is 11.5 Å². The molecule has 10 heteroatoms. The van der Waals surface area contributed by atoms with Crippen LogP contribution in [-0.4, -0.2) is 27.2 Å². The minimum Gasteiger partial charge on any atom is -0.435 e. The van der Waals surface area contributed by atoms with Crippen LogP contribution in [0, 0.1) is 24.0 Å². The lowest BCUT2D eigenvalue weighted by molar-refractivity contribution is -0.386. The molecule has 2 aromatic carbocycles. The molecular formula is C20H18F2N4O4. The van der Waals surface area contributed by atoms with Crippen LogP contribution in [0.15, 0.2) is 48.5 Å². The van der Waals surface area contributed by atoms with Crippen LogP contribution in [0.25, 0.3) is 0 Å². The Morgan fingerprint density at radius 3 is 2.33 bits per heavy atom. The van der Waals surface area contributed by atoms with Gasteiger partial charge in [0.15, 0.2) is 0 Å². The smallest absolute Gasteiger partial charge is 0.387 e. The number of hydrogen-bond acceptors (Lipinski definition) is 5. The van der Waals surface area contributed by atoms with E-state index >= 15 is 0 Å². The van der Waals surface area contributed by atoms with Crippen molar-refractivity contribution in [3.05, 3.63) is 81.2 Å². The second kappa shape index (κ2) is 8.68. The zero-order chi connectivity index (χ0) is 21.8. The van der Waals surface area contributed by atoms with E-state index in [-0.39, 0.29) is 17.3 Å². The number of benzene rings is 2. The SMILES string of the molecule is Cc1nn(Cc2ccc(C(=O)Nc3ccc(OC(F)F)cc3)cc2)c(C)c1[N+](=O)[O-]. The van der Waals surface area contributed by atoms with Crippen LogP contribution < -0.4 is 10.1 Å².